The van der Waals surface area contributed by atoms with Gasteiger partial charge in [0.05, 0.1) is 27.7 Å². The molecule has 0 amide bonds. The molecule has 0 heterocycles. The first-order valence-corrected chi connectivity index (χ1v) is 36.8. The molecule has 0 rings (SSSR count). The molecule has 86 heavy (non-hydrogen) atoms. The number of allylic oxidation sites excluding steroid dienone is 20. The maximum Gasteiger partial charge on any atom is 0.472 e. The molecule has 0 aromatic carbocycles. The number of nitrogens with zero attached hydrogens (tertiary/aromatic N) is 1. The van der Waals surface area contributed by atoms with Crippen LogP contribution in [-0.4, -0.2) is 74.9 Å². The second-order valence-corrected chi connectivity index (χ2v) is 26.0. The highest BCUT2D eigenvalue weighted by atomic mass is 31.2. The van der Waals surface area contributed by atoms with Crippen LogP contribution in [0.4, 0.5) is 0 Å². The van der Waals surface area contributed by atoms with Crippen LogP contribution >= 0.6 is 7.82 Å². The summed E-state index contributed by atoms with van der Waals surface area (Å²) in [4.78, 5) is 35.8. The van der Waals surface area contributed by atoms with Crippen LogP contribution in [0.15, 0.2) is 122 Å². The van der Waals surface area contributed by atoms with Crippen LogP contribution in [0.5, 0.6) is 0 Å². The third kappa shape index (κ3) is 69.5. The van der Waals surface area contributed by atoms with Gasteiger partial charge in [0.1, 0.15) is 19.8 Å². The molecule has 0 aliphatic rings. The molecule has 0 spiro atoms. The first-order valence-electron chi connectivity index (χ1n) is 35.3. The number of hydrogen-bond donors (Lipinski definition) is 1. The van der Waals surface area contributed by atoms with Crippen LogP contribution in [0, 0.1) is 0 Å². The summed E-state index contributed by atoms with van der Waals surface area (Å²) in [6.45, 7) is 4.17. The molecular formula is C76H133NO8P+. The molecule has 2 atom stereocenters. The van der Waals surface area contributed by atoms with E-state index in [-0.39, 0.29) is 32.0 Å². The maximum absolute atomic E-state index is 12.8. The molecule has 0 bridgehead atoms. The Morgan fingerprint density at radius 2 is 0.628 bits per heavy atom. The predicted octanol–water partition coefficient (Wildman–Crippen LogP) is 23.0. The van der Waals surface area contributed by atoms with Crippen LogP contribution in [-0.2, 0) is 32.7 Å². The monoisotopic (exact) mass is 1220 g/mol. The van der Waals surface area contributed by atoms with Crippen molar-refractivity contribution >= 4 is 19.8 Å². The van der Waals surface area contributed by atoms with E-state index in [1.807, 2.05) is 21.1 Å². The van der Waals surface area contributed by atoms with Crippen molar-refractivity contribution in [1.29, 1.82) is 0 Å². The van der Waals surface area contributed by atoms with Crippen molar-refractivity contribution in [2.75, 3.05) is 47.5 Å². The number of carbonyl (C=O) groups is 2. The molecular weight excluding hydrogens is 1090 g/mol. The molecule has 0 fully saturated rings. The summed E-state index contributed by atoms with van der Waals surface area (Å²) in [6, 6.07) is 0. The van der Waals surface area contributed by atoms with Crippen molar-refractivity contribution in [3.05, 3.63) is 122 Å². The highest BCUT2D eigenvalue weighted by Gasteiger charge is 2.27. The fourth-order valence-electron chi connectivity index (χ4n) is 9.66. The van der Waals surface area contributed by atoms with Gasteiger partial charge in [0.15, 0.2) is 6.10 Å². The minimum absolute atomic E-state index is 0.0191. The van der Waals surface area contributed by atoms with Crippen LogP contribution in [0.25, 0.3) is 0 Å². The van der Waals surface area contributed by atoms with Gasteiger partial charge in [0, 0.05) is 12.8 Å². The van der Waals surface area contributed by atoms with Gasteiger partial charge in [-0.3, -0.25) is 18.6 Å². The van der Waals surface area contributed by atoms with Gasteiger partial charge >= 0.3 is 19.8 Å². The van der Waals surface area contributed by atoms with E-state index >= 15 is 0 Å². The smallest absolute Gasteiger partial charge is 0.462 e. The van der Waals surface area contributed by atoms with E-state index in [0.29, 0.717) is 17.4 Å². The zero-order chi connectivity index (χ0) is 62.6. The van der Waals surface area contributed by atoms with Crippen LogP contribution in [0.1, 0.15) is 296 Å². The molecule has 0 aliphatic carbocycles. The van der Waals surface area contributed by atoms with Gasteiger partial charge in [0.25, 0.3) is 0 Å². The Labute approximate surface area is 530 Å². The van der Waals surface area contributed by atoms with E-state index < -0.39 is 26.5 Å². The highest BCUT2D eigenvalue weighted by molar-refractivity contribution is 7.47. The zero-order valence-corrected chi connectivity index (χ0v) is 57.2. The average Bonchev–Trinajstić information content (AvgIpc) is 3.67. The molecule has 0 aromatic rings. The first-order chi connectivity index (χ1) is 42.0. The summed E-state index contributed by atoms with van der Waals surface area (Å²) < 4.78 is 34.6. The summed E-state index contributed by atoms with van der Waals surface area (Å²) >= 11 is 0. The Morgan fingerprint density at radius 1 is 0.360 bits per heavy atom. The maximum atomic E-state index is 12.8. The number of carbonyl (C=O) groups excluding carboxylic acids is 2. The van der Waals surface area contributed by atoms with Crippen LogP contribution < -0.4 is 0 Å². The second-order valence-electron chi connectivity index (χ2n) is 24.5. The summed E-state index contributed by atoms with van der Waals surface area (Å²) in [5.74, 6) is -0.844. The quantitative estimate of drug-likeness (QED) is 0.0211. The zero-order valence-electron chi connectivity index (χ0n) is 56.3. The minimum Gasteiger partial charge on any atom is -0.462 e. The van der Waals surface area contributed by atoms with Crippen molar-refractivity contribution in [2.24, 2.45) is 0 Å². The Hall–Kier alpha value is -3.59. The average molecular weight is 1220 g/mol. The molecule has 0 aromatic heterocycles. The number of esters is 2. The molecule has 1 N–H and O–H groups in total. The van der Waals surface area contributed by atoms with E-state index in [0.717, 1.165) is 96.3 Å². The van der Waals surface area contributed by atoms with Gasteiger partial charge in [-0.2, -0.15) is 0 Å². The largest absolute Gasteiger partial charge is 0.472 e. The summed E-state index contributed by atoms with van der Waals surface area (Å²) in [7, 11) is 1.44. The second kappa shape index (κ2) is 65.8. The summed E-state index contributed by atoms with van der Waals surface area (Å²) in [5, 5.41) is 0. The lowest BCUT2D eigenvalue weighted by Gasteiger charge is -2.24. The van der Waals surface area contributed by atoms with Gasteiger partial charge in [-0.15, -0.1) is 0 Å². The molecule has 0 saturated carbocycles. The van der Waals surface area contributed by atoms with Gasteiger partial charge in [-0.05, 0) is 103 Å². The topological polar surface area (TPSA) is 108 Å². The number of phosphoric acid groups is 1. The number of quaternary nitrogens is 1. The molecule has 10 heteroatoms. The van der Waals surface area contributed by atoms with Crippen molar-refractivity contribution in [2.45, 2.75) is 302 Å². The predicted molar refractivity (Wildman–Crippen MR) is 371 cm³/mol. The molecule has 9 nitrogen and oxygen atoms in total. The van der Waals surface area contributed by atoms with E-state index in [4.69, 9.17) is 18.5 Å². The van der Waals surface area contributed by atoms with E-state index in [2.05, 4.69) is 135 Å². The van der Waals surface area contributed by atoms with Crippen LogP contribution in [0.3, 0.4) is 0 Å². The van der Waals surface area contributed by atoms with Crippen molar-refractivity contribution in [3.63, 3.8) is 0 Å². The fourth-order valence-corrected chi connectivity index (χ4v) is 10.4. The number of likely N-dealkylation sites (N-methyl/N-ethyl adjacent to an activating group) is 1. The van der Waals surface area contributed by atoms with Gasteiger partial charge in [-0.1, -0.05) is 302 Å². The Morgan fingerprint density at radius 3 is 0.953 bits per heavy atom. The fraction of sp³-hybridized carbons (Fsp3) is 0.711. The number of ether oxygens (including phenoxy) is 2. The lowest BCUT2D eigenvalue weighted by atomic mass is 10.0. The number of unbranched alkanes of at least 4 members (excludes halogenated alkanes) is 30. The molecule has 0 saturated heterocycles. The van der Waals surface area contributed by atoms with Crippen molar-refractivity contribution < 1.29 is 42.1 Å². The minimum atomic E-state index is -4.41. The van der Waals surface area contributed by atoms with E-state index in [9.17, 15) is 19.0 Å². The Balaban J connectivity index is 3.95. The van der Waals surface area contributed by atoms with Crippen LogP contribution in [0.2, 0.25) is 0 Å². The van der Waals surface area contributed by atoms with Gasteiger partial charge in [0.2, 0.25) is 0 Å². The number of phosphoric ester groups is 1. The van der Waals surface area contributed by atoms with Gasteiger partial charge < -0.3 is 18.9 Å². The highest BCUT2D eigenvalue weighted by Crippen LogP contribution is 2.43. The third-order valence-corrected chi connectivity index (χ3v) is 16.0. The normalized spacial score (nSPS) is 13.9. The number of hydrogen-bond acceptors (Lipinski definition) is 7. The molecule has 2 unspecified atom stereocenters. The van der Waals surface area contributed by atoms with Gasteiger partial charge in [-0.25, -0.2) is 4.57 Å². The Kier molecular flexibility index (Phi) is 63.1. The van der Waals surface area contributed by atoms with Crippen molar-refractivity contribution in [3.8, 4) is 0 Å². The number of rotatable bonds is 64. The standard InChI is InChI=1S/C76H132NO8P/c1-6-8-10-12-14-16-18-20-22-24-26-28-29-30-31-32-33-34-35-36-37-38-39-40-41-42-43-44-45-46-47-49-50-52-54-56-58-60-62-64-66-68-75(78)82-72-74(73-84-86(80,81)83-71-70-77(3,4)5)85-76(79)69-67-65-63-61-59-57-55-53-51-48-27-25-23-21-19-17-15-13-11-9-7-2/h8-11,14-17,20-23,26-28,48,53,55,59,61,74H,6-7,12-13,18-19,24-25,29-47,49-52,54,56-58,60,62-73H2,1-5H3/p+1/b10-8-,11-9-,16-14-,17-15-,22-20-,23-21-,28-26-,48-27-,55-53-,61-59-. The first kappa shape index (κ1) is 82.4. The third-order valence-electron chi connectivity index (χ3n) is 15.0. The summed E-state index contributed by atoms with van der Waals surface area (Å²) in [6.07, 6.45) is 94.8. The summed E-state index contributed by atoms with van der Waals surface area (Å²) in [5.41, 5.74) is 0. The molecule has 0 aliphatic heterocycles. The van der Waals surface area contributed by atoms with E-state index in [1.54, 1.807) is 0 Å². The lowest BCUT2D eigenvalue weighted by molar-refractivity contribution is -0.870. The molecule has 0 radical (unpaired) electrons. The Bertz CT molecular complexity index is 1870. The lowest BCUT2D eigenvalue weighted by Crippen LogP contribution is -2.37. The van der Waals surface area contributed by atoms with Crippen molar-refractivity contribution in [1.82, 2.24) is 0 Å². The van der Waals surface area contributed by atoms with E-state index in [1.165, 1.54) is 167 Å². The molecule has 494 valence electrons. The SMILES string of the molecule is CC/C=C\C/C=C\C/C=C\C/C=C\C/C=C\C/C=C\CCCCC(=O)OC(COC(=O)CCCCCCCCCCCCCCCCCCCCCCCCCCCCCC/C=C\C/C=C\C/C=C\C/C=C\CC)COP(=O)(O)OCC[N+](C)(C)C.